The molecule has 0 aromatic heterocycles. The number of unbranched alkanes of at least 4 members (excludes halogenated alkanes) is 1. The Morgan fingerprint density at radius 3 is 3.00 bits per heavy atom. The second kappa shape index (κ2) is 6.42. The number of amides is 1. The van der Waals surface area contributed by atoms with Crippen LogP contribution in [0.3, 0.4) is 0 Å². The summed E-state index contributed by atoms with van der Waals surface area (Å²) >= 11 is 0. The first-order chi connectivity index (χ1) is 7.27. The SMILES string of the molecule is CCCCOC1C=CN(C(=O)OCC)O1. The monoisotopic (exact) mass is 215 g/mol. The van der Waals surface area contributed by atoms with Crippen molar-refractivity contribution in [3.8, 4) is 0 Å². The molecule has 0 aliphatic carbocycles. The molecular formula is C10H17NO4. The number of carbonyl (C=O) groups excluding carboxylic acids is 1. The van der Waals surface area contributed by atoms with Crippen molar-refractivity contribution in [2.45, 2.75) is 33.0 Å². The highest BCUT2D eigenvalue weighted by Crippen LogP contribution is 2.12. The van der Waals surface area contributed by atoms with Crippen molar-refractivity contribution in [1.29, 1.82) is 0 Å². The lowest BCUT2D eigenvalue weighted by Gasteiger charge is -2.15. The second-order valence-electron chi connectivity index (χ2n) is 3.06. The topological polar surface area (TPSA) is 48.0 Å². The Hall–Kier alpha value is -1.07. The Morgan fingerprint density at radius 2 is 2.33 bits per heavy atom. The highest BCUT2D eigenvalue weighted by atomic mass is 16.8. The van der Waals surface area contributed by atoms with E-state index >= 15 is 0 Å². The lowest BCUT2D eigenvalue weighted by Crippen LogP contribution is -2.27. The Balaban J connectivity index is 2.21. The van der Waals surface area contributed by atoms with Crippen LogP contribution in [0.5, 0.6) is 0 Å². The molecule has 1 aliphatic heterocycles. The molecule has 0 saturated carbocycles. The molecule has 0 aromatic rings. The molecule has 0 spiro atoms. The molecular weight excluding hydrogens is 198 g/mol. The molecule has 15 heavy (non-hydrogen) atoms. The number of hydrogen-bond acceptors (Lipinski definition) is 4. The quantitative estimate of drug-likeness (QED) is 0.658. The van der Waals surface area contributed by atoms with Gasteiger partial charge < -0.3 is 9.47 Å². The van der Waals surface area contributed by atoms with Crippen molar-refractivity contribution in [3.05, 3.63) is 12.3 Å². The largest absolute Gasteiger partial charge is 0.448 e. The molecule has 0 bridgehead atoms. The van der Waals surface area contributed by atoms with Gasteiger partial charge >= 0.3 is 6.09 Å². The van der Waals surface area contributed by atoms with Crippen molar-refractivity contribution in [2.75, 3.05) is 13.2 Å². The summed E-state index contributed by atoms with van der Waals surface area (Å²) in [5.74, 6) is 0. The Labute approximate surface area is 89.5 Å². The lowest BCUT2D eigenvalue weighted by molar-refractivity contribution is -0.204. The summed E-state index contributed by atoms with van der Waals surface area (Å²) in [6, 6.07) is 0. The highest BCUT2D eigenvalue weighted by molar-refractivity contribution is 5.67. The molecule has 0 saturated heterocycles. The molecule has 0 fully saturated rings. The van der Waals surface area contributed by atoms with Gasteiger partial charge in [0.1, 0.15) is 0 Å². The van der Waals surface area contributed by atoms with Crippen molar-refractivity contribution < 1.29 is 19.1 Å². The maximum Gasteiger partial charge on any atom is 0.438 e. The van der Waals surface area contributed by atoms with Gasteiger partial charge in [0, 0.05) is 6.20 Å². The average molecular weight is 215 g/mol. The van der Waals surface area contributed by atoms with E-state index in [-0.39, 0.29) is 0 Å². The van der Waals surface area contributed by atoms with Gasteiger partial charge in [-0.1, -0.05) is 13.3 Å². The first-order valence-electron chi connectivity index (χ1n) is 5.20. The molecule has 1 atom stereocenters. The third-order valence-electron chi connectivity index (χ3n) is 1.82. The third-order valence-corrected chi connectivity index (χ3v) is 1.82. The minimum atomic E-state index is -0.518. The third kappa shape index (κ3) is 3.89. The van der Waals surface area contributed by atoms with Crippen molar-refractivity contribution in [2.24, 2.45) is 0 Å². The Morgan fingerprint density at radius 1 is 1.53 bits per heavy atom. The van der Waals surface area contributed by atoms with Crippen LogP contribution in [0.1, 0.15) is 26.7 Å². The second-order valence-corrected chi connectivity index (χ2v) is 3.06. The molecule has 1 aliphatic rings. The summed E-state index contributed by atoms with van der Waals surface area (Å²) < 4.78 is 10.1. The predicted octanol–water partition coefficient (Wildman–Crippen LogP) is 2.05. The molecule has 1 amide bonds. The van der Waals surface area contributed by atoms with Gasteiger partial charge in [0.2, 0.25) is 6.29 Å². The minimum Gasteiger partial charge on any atom is -0.448 e. The van der Waals surface area contributed by atoms with Crippen LogP contribution in [0.15, 0.2) is 12.3 Å². The maximum atomic E-state index is 11.2. The van der Waals surface area contributed by atoms with E-state index in [0.29, 0.717) is 13.2 Å². The van der Waals surface area contributed by atoms with E-state index in [1.807, 2.05) is 0 Å². The standard InChI is InChI=1S/C10H17NO4/c1-3-5-8-14-9-6-7-11(15-9)10(12)13-4-2/h6-7,9H,3-5,8H2,1-2H3. The summed E-state index contributed by atoms with van der Waals surface area (Å²) in [6.45, 7) is 4.78. The van der Waals surface area contributed by atoms with Crippen LogP contribution in [0.2, 0.25) is 0 Å². The molecule has 0 radical (unpaired) electrons. The van der Waals surface area contributed by atoms with E-state index in [9.17, 15) is 4.79 Å². The van der Waals surface area contributed by atoms with Crippen molar-refractivity contribution >= 4 is 6.09 Å². The zero-order chi connectivity index (χ0) is 11.1. The van der Waals surface area contributed by atoms with Gasteiger partial charge in [0.05, 0.1) is 13.2 Å². The fourth-order valence-corrected chi connectivity index (χ4v) is 1.05. The van der Waals surface area contributed by atoms with Gasteiger partial charge in [-0.3, -0.25) is 0 Å². The number of hydroxylamine groups is 2. The van der Waals surface area contributed by atoms with E-state index < -0.39 is 12.4 Å². The first kappa shape index (κ1) is 12.0. The van der Waals surface area contributed by atoms with Gasteiger partial charge in [-0.15, -0.1) is 0 Å². The Bertz CT molecular complexity index is 229. The number of rotatable bonds is 5. The molecule has 1 rings (SSSR count). The normalized spacial score (nSPS) is 19.6. The van der Waals surface area contributed by atoms with Crippen LogP contribution >= 0.6 is 0 Å². The summed E-state index contributed by atoms with van der Waals surface area (Å²) in [4.78, 5) is 16.3. The highest BCUT2D eigenvalue weighted by Gasteiger charge is 2.23. The van der Waals surface area contributed by atoms with Crippen LogP contribution in [0, 0.1) is 0 Å². The van der Waals surface area contributed by atoms with Gasteiger partial charge in [-0.2, -0.15) is 5.06 Å². The molecule has 1 heterocycles. The fraction of sp³-hybridized carbons (Fsp3) is 0.700. The van der Waals surface area contributed by atoms with Crippen LogP contribution in [0.4, 0.5) is 4.79 Å². The van der Waals surface area contributed by atoms with Crippen molar-refractivity contribution in [1.82, 2.24) is 5.06 Å². The molecule has 0 N–H and O–H groups in total. The maximum absolute atomic E-state index is 11.2. The predicted molar refractivity (Wildman–Crippen MR) is 53.7 cm³/mol. The number of ether oxygens (including phenoxy) is 2. The Kier molecular flexibility index (Phi) is 5.14. The van der Waals surface area contributed by atoms with E-state index in [1.165, 1.54) is 6.20 Å². The van der Waals surface area contributed by atoms with Gasteiger partial charge in [0.15, 0.2) is 0 Å². The minimum absolute atomic E-state index is 0.327. The zero-order valence-corrected chi connectivity index (χ0v) is 9.14. The van der Waals surface area contributed by atoms with E-state index in [4.69, 9.17) is 14.3 Å². The lowest BCUT2D eigenvalue weighted by atomic mass is 10.4. The summed E-state index contributed by atoms with van der Waals surface area (Å²) in [5, 5.41) is 1.04. The fourth-order valence-electron chi connectivity index (χ4n) is 1.05. The number of hydrogen-bond donors (Lipinski definition) is 0. The smallest absolute Gasteiger partial charge is 0.438 e. The molecule has 86 valence electrons. The van der Waals surface area contributed by atoms with Crippen LogP contribution in [-0.4, -0.2) is 30.7 Å². The molecule has 5 heteroatoms. The molecule has 1 unspecified atom stereocenters. The van der Waals surface area contributed by atoms with Crippen LogP contribution in [0.25, 0.3) is 0 Å². The number of nitrogens with zero attached hydrogens (tertiary/aromatic N) is 1. The summed E-state index contributed by atoms with van der Waals surface area (Å²) in [6.07, 6.45) is 4.24. The summed E-state index contributed by atoms with van der Waals surface area (Å²) in [5.41, 5.74) is 0. The van der Waals surface area contributed by atoms with Gasteiger partial charge in [-0.05, 0) is 19.4 Å². The average Bonchev–Trinajstić information content (AvgIpc) is 2.67. The van der Waals surface area contributed by atoms with Crippen molar-refractivity contribution in [3.63, 3.8) is 0 Å². The van der Waals surface area contributed by atoms with Crippen LogP contribution in [-0.2, 0) is 14.3 Å². The van der Waals surface area contributed by atoms with E-state index in [0.717, 1.165) is 17.9 Å². The summed E-state index contributed by atoms with van der Waals surface area (Å²) in [7, 11) is 0. The zero-order valence-electron chi connectivity index (χ0n) is 9.14. The van der Waals surface area contributed by atoms with E-state index in [2.05, 4.69) is 6.92 Å². The first-order valence-corrected chi connectivity index (χ1v) is 5.20. The molecule has 5 nitrogen and oxygen atoms in total. The van der Waals surface area contributed by atoms with E-state index in [1.54, 1.807) is 13.0 Å². The molecule has 0 aromatic carbocycles. The number of carbonyl (C=O) groups is 1. The van der Waals surface area contributed by atoms with Gasteiger partial charge in [0.25, 0.3) is 0 Å². The van der Waals surface area contributed by atoms with Crippen LogP contribution < -0.4 is 0 Å². The van der Waals surface area contributed by atoms with Gasteiger partial charge in [-0.25, -0.2) is 9.63 Å².